The van der Waals surface area contributed by atoms with Gasteiger partial charge in [0, 0.05) is 15.6 Å². The van der Waals surface area contributed by atoms with Gasteiger partial charge in [0.05, 0.1) is 0 Å². The molecule has 0 saturated carbocycles. The third-order valence-electron chi connectivity index (χ3n) is 2.69. The van der Waals surface area contributed by atoms with Gasteiger partial charge in [-0.15, -0.1) is 0 Å². The molecule has 2 aromatic rings. The predicted molar refractivity (Wildman–Crippen MR) is 76.7 cm³/mol. The highest BCUT2D eigenvalue weighted by Gasteiger charge is 2.04. The van der Waals surface area contributed by atoms with Crippen molar-refractivity contribution in [2.75, 3.05) is 0 Å². The Kier molecular flexibility index (Phi) is 3.89. The molecule has 1 aromatic carbocycles. The third kappa shape index (κ3) is 3.11. The first-order valence-corrected chi connectivity index (χ1v) is 7.04. The van der Waals surface area contributed by atoms with Crippen LogP contribution in [0, 0.1) is 20.8 Å². The van der Waals surface area contributed by atoms with Crippen molar-refractivity contribution in [3.8, 4) is 0 Å². The third-order valence-corrected chi connectivity index (χ3v) is 4.23. The van der Waals surface area contributed by atoms with E-state index in [0.717, 1.165) is 9.50 Å². The van der Waals surface area contributed by atoms with E-state index in [1.807, 2.05) is 6.20 Å². The van der Waals surface area contributed by atoms with E-state index in [1.165, 1.54) is 21.6 Å². The minimum absolute atomic E-state index is 1.03. The number of pyridine rings is 1. The van der Waals surface area contributed by atoms with Crippen molar-refractivity contribution in [2.24, 2.45) is 0 Å². The van der Waals surface area contributed by atoms with Gasteiger partial charge in [-0.2, -0.15) is 0 Å². The summed E-state index contributed by atoms with van der Waals surface area (Å²) in [5.41, 5.74) is 3.85. The number of rotatable bonds is 2. The predicted octanol–water partition coefficient (Wildman–Crippen LogP) is 4.92. The molecule has 0 aliphatic heterocycles. The molecule has 0 saturated heterocycles. The molecule has 0 aliphatic rings. The fraction of sp³-hybridized carbons (Fsp3) is 0.214. The molecule has 0 radical (unpaired) electrons. The van der Waals surface area contributed by atoms with Crippen molar-refractivity contribution >= 4 is 27.7 Å². The largest absolute Gasteiger partial charge is 0.248 e. The van der Waals surface area contributed by atoms with Gasteiger partial charge < -0.3 is 0 Å². The van der Waals surface area contributed by atoms with Crippen molar-refractivity contribution in [2.45, 2.75) is 30.7 Å². The Bertz CT molecular complexity index is 552. The van der Waals surface area contributed by atoms with Crippen molar-refractivity contribution in [3.63, 3.8) is 0 Å². The topological polar surface area (TPSA) is 12.9 Å². The second-order valence-electron chi connectivity index (χ2n) is 4.12. The fourth-order valence-corrected chi connectivity index (χ4v) is 2.89. The Morgan fingerprint density at radius 3 is 2.41 bits per heavy atom. The van der Waals surface area contributed by atoms with Crippen LogP contribution in [-0.4, -0.2) is 4.98 Å². The van der Waals surface area contributed by atoms with Gasteiger partial charge in [-0.1, -0.05) is 17.8 Å². The van der Waals surface area contributed by atoms with Gasteiger partial charge >= 0.3 is 0 Å². The summed E-state index contributed by atoms with van der Waals surface area (Å²) in [7, 11) is 0. The summed E-state index contributed by atoms with van der Waals surface area (Å²) >= 11 is 5.14. The summed E-state index contributed by atoms with van der Waals surface area (Å²) in [6.45, 7) is 6.36. The fourth-order valence-electron chi connectivity index (χ4n) is 1.52. The molecular weight excluding hydrogens is 294 g/mol. The molecule has 1 aromatic heterocycles. The first-order chi connectivity index (χ1) is 8.06. The number of aromatic nitrogens is 1. The molecule has 17 heavy (non-hydrogen) atoms. The number of halogens is 1. The van der Waals surface area contributed by atoms with E-state index in [2.05, 4.69) is 66.0 Å². The molecule has 0 N–H and O–H groups in total. The maximum atomic E-state index is 4.44. The molecule has 3 heteroatoms. The van der Waals surface area contributed by atoms with Gasteiger partial charge in [-0.3, -0.25) is 0 Å². The minimum Gasteiger partial charge on any atom is -0.248 e. The summed E-state index contributed by atoms with van der Waals surface area (Å²) < 4.78 is 1.03. The molecule has 88 valence electrons. The Morgan fingerprint density at radius 2 is 1.76 bits per heavy atom. The normalized spacial score (nSPS) is 10.6. The van der Waals surface area contributed by atoms with Crippen LogP contribution in [0.15, 0.2) is 44.9 Å². The van der Waals surface area contributed by atoms with Gasteiger partial charge in [0.1, 0.15) is 5.03 Å². The molecule has 1 nitrogen and oxygen atoms in total. The van der Waals surface area contributed by atoms with Crippen molar-refractivity contribution in [3.05, 3.63) is 51.6 Å². The number of hydrogen-bond donors (Lipinski definition) is 0. The van der Waals surface area contributed by atoms with Crippen LogP contribution in [0.1, 0.15) is 16.7 Å². The smallest absolute Gasteiger partial charge is 0.104 e. The van der Waals surface area contributed by atoms with Crippen molar-refractivity contribution in [1.82, 2.24) is 4.98 Å². The lowest BCUT2D eigenvalue weighted by atomic mass is 10.1. The van der Waals surface area contributed by atoms with Gasteiger partial charge in [-0.05, 0) is 71.6 Å². The van der Waals surface area contributed by atoms with Crippen LogP contribution >= 0.6 is 27.7 Å². The van der Waals surface area contributed by atoms with Gasteiger partial charge in [0.25, 0.3) is 0 Å². The van der Waals surface area contributed by atoms with Crippen LogP contribution in [0.2, 0.25) is 0 Å². The highest BCUT2D eigenvalue weighted by molar-refractivity contribution is 9.10. The zero-order valence-electron chi connectivity index (χ0n) is 10.1. The summed E-state index contributed by atoms with van der Waals surface area (Å²) in [6.07, 6.45) is 1.84. The monoisotopic (exact) mass is 307 g/mol. The number of nitrogens with zero attached hydrogens (tertiary/aromatic N) is 1. The Morgan fingerprint density at radius 1 is 1.00 bits per heavy atom. The molecule has 0 atom stereocenters. The molecular formula is C14H14BrNS. The van der Waals surface area contributed by atoms with Gasteiger partial charge in [-0.25, -0.2) is 4.98 Å². The minimum atomic E-state index is 1.03. The number of aryl methyl sites for hydroxylation is 3. The van der Waals surface area contributed by atoms with Crippen molar-refractivity contribution < 1.29 is 0 Å². The molecule has 0 bridgehead atoms. The maximum Gasteiger partial charge on any atom is 0.104 e. The SMILES string of the molecule is Cc1ccc(Sc2ncc(Br)cc2C)cc1C. The van der Waals surface area contributed by atoms with Crippen LogP contribution in [0.3, 0.4) is 0 Å². The van der Waals surface area contributed by atoms with Crippen molar-refractivity contribution in [1.29, 1.82) is 0 Å². The molecule has 0 amide bonds. The van der Waals surface area contributed by atoms with Gasteiger partial charge in [0.15, 0.2) is 0 Å². The van der Waals surface area contributed by atoms with E-state index in [0.29, 0.717) is 0 Å². The molecule has 0 aliphatic carbocycles. The molecule has 0 unspecified atom stereocenters. The average Bonchev–Trinajstić information content (AvgIpc) is 2.27. The van der Waals surface area contributed by atoms with E-state index >= 15 is 0 Å². The molecule has 0 fully saturated rings. The number of benzene rings is 1. The van der Waals surface area contributed by atoms with Crippen LogP contribution < -0.4 is 0 Å². The Balaban J connectivity index is 2.28. The molecule has 1 heterocycles. The quantitative estimate of drug-likeness (QED) is 0.781. The van der Waals surface area contributed by atoms with Crippen LogP contribution in [0.5, 0.6) is 0 Å². The molecule has 0 spiro atoms. The zero-order valence-corrected chi connectivity index (χ0v) is 12.5. The maximum absolute atomic E-state index is 4.44. The number of hydrogen-bond acceptors (Lipinski definition) is 2. The van der Waals surface area contributed by atoms with E-state index < -0.39 is 0 Å². The highest BCUT2D eigenvalue weighted by Crippen LogP contribution is 2.30. The standard InChI is InChI=1S/C14H14BrNS/c1-9-4-5-13(7-10(9)2)17-14-11(3)6-12(15)8-16-14/h4-8H,1-3H3. The summed E-state index contributed by atoms with van der Waals surface area (Å²) in [4.78, 5) is 5.68. The lowest BCUT2D eigenvalue weighted by Gasteiger charge is -2.07. The van der Waals surface area contributed by atoms with E-state index in [4.69, 9.17) is 0 Å². The second kappa shape index (κ2) is 5.23. The first kappa shape index (κ1) is 12.7. The van der Waals surface area contributed by atoms with E-state index in [1.54, 1.807) is 11.8 Å². The Hall–Kier alpha value is -0.800. The summed E-state index contributed by atoms with van der Waals surface area (Å²) in [5.74, 6) is 0. The first-order valence-electron chi connectivity index (χ1n) is 5.43. The second-order valence-corrected chi connectivity index (χ2v) is 6.10. The average molecular weight is 308 g/mol. The Labute approximate surface area is 115 Å². The van der Waals surface area contributed by atoms with Crippen LogP contribution in [0.4, 0.5) is 0 Å². The highest BCUT2D eigenvalue weighted by atomic mass is 79.9. The zero-order chi connectivity index (χ0) is 12.4. The van der Waals surface area contributed by atoms with Gasteiger partial charge in [0.2, 0.25) is 0 Å². The molecule has 2 rings (SSSR count). The summed E-state index contributed by atoms with van der Waals surface area (Å²) in [5, 5.41) is 1.07. The lowest BCUT2D eigenvalue weighted by Crippen LogP contribution is -1.86. The van der Waals surface area contributed by atoms with Crippen LogP contribution in [-0.2, 0) is 0 Å². The lowest BCUT2D eigenvalue weighted by molar-refractivity contribution is 1.07. The summed E-state index contributed by atoms with van der Waals surface area (Å²) in [6, 6.07) is 8.61. The van der Waals surface area contributed by atoms with E-state index in [9.17, 15) is 0 Å². The van der Waals surface area contributed by atoms with Crippen LogP contribution in [0.25, 0.3) is 0 Å². The van der Waals surface area contributed by atoms with E-state index in [-0.39, 0.29) is 0 Å².